The van der Waals surface area contributed by atoms with Crippen LogP contribution in [0.2, 0.25) is 0 Å². The van der Waals surface area contributed by atoms with Gasteiger partial charge in [0.2, 0.25) is 10.0 Å². The molecule has 1 heterocycles. The summed E-state index contributed by atoms with van der Waals surface area (Å²) in [6, 6.07) is 16.3. The summed E-state index contributed by atoms with van der Waals surface area (Å²) in [6.07, 6.45) is 1.10. The maximum absolute atomic E-state index is 14.3. The third kappa shape index (κ3) is 9.32. The first-order valence-corrected chi connectivity index (χ1v) is 18.8. The van der Waals surface area contributed by atoms with E-state index in [4.69, 9.17) is 9.47 Å². The van der Waals surface area contributed by atoms with Crippen LogP contribution in [0.3, 0.4) is 0 Å². The van der Waals surface area contributed by atoms with Gasteiger partial charge in [0.05, 0.1) is 40.2 Å². The van der Waals surface area contributed by atoms with Crippen LogP contribution < -0.4 is 9.46 Å². The van der Waals surface area contributed by atoms with E-state index in [0.29, 0.717) is 19.4 Å². The number of halogens is 1. The van der Waals surface area contributed by atoms with E-state index < -0.39 is 49.8 Å². The summed E-state index contributed by atoms with van der Waals surface area (Å²) in [6.45, 7) is 5.40. The molecule has 0 aromatic heterocycles. The van der Waals surface area contributed by atoms with Gasteiger partial charge in [-0.2, -0.15) is 4.31 Å². The van der Waals surface area contributed by atoms with Crippen molar-refractivity contribution in [3.63, 3.8) is 0 Å². The number of likely N-dealkylation sites (N-methyl/N-ethyl adjacent to an activating group) is 1. The number of rotatable bonds is 9. The van der Waals surface area contributed by atoms with E-state index in [0.717, 1.165) is 22.9 Å². The summed E-state index contributed by atoms with van der Waals surface area (Å²) in [4.78, 5) is 15.8. The third-order valence-electron chi connectivity index (χ3n) is 8.32. The average molecular weight is 706 g/mol. The Kier molecular flexibility index (Phi) is 12.6. The highest BCUT2D eigenvalue weighted by Gasteiger charge is 2.32. The number of carbonyl (C=O) groups excluding carboxylic acids is 1. The molecule has 4 rings (SSSR count). The van der Waals surface area contributed by atoms with Gasteiger partial charge in [0.15, 0.2) is 0 Å². The molecule has 0 bridgehead atoms. The summed E-state index contributed by atoms with van der Waals surface area (Å²) in [5, 5.41) is 10.2. The van der Waals surface area contributed by atoms with Gasteiger partial charge >= 0.3 is 0 Å². The maximum atomic E-state index is 14.3. The number of sulfonamides is 2. The molecular weight excluding hydrogens is 662 g/mol. The number of nitrogens with zero attached hydrogens (tertiary/aromatic N) is 2. The summed E-state index contributed by atoms with van der Waals surface area (Å²) < 4.78 is 82.5. The van der Waals surface area contributed by atoms with Gasteiger partial charge in [0.1, 0.15) is 11.6 Å². The third-order valence-corrected chi connectivity index (χ3v) is 11.6. The summed E-state index contributed by atoms with van der Waals surface area (Å²) in [5.41, 5.74) is 0.259. The quantitative estimate of drug-likeness (QED) is 0.325. The molecule has 0 aliphatic carbocycles. The van der Waals surface area contributed by atoms with Crippen molar-refractivity contribution in [2.24, 2.45) is 5.92 Å². The lowest BCUT2D eigenvalue weighted by Crippen LogP contribution is -2.48. The second kappa shape index (κ2) is 16.2. The van der Waals surface area contributed by atoms with E-state index in [1.807, 2.05) is 13.8 Å². The van der Waals surface area contributed by atoms with Crippen LogP contribution in [0.5, 0.6) is 5.75 Å². The molecule has 0 saturated heterocycles. The fourth-order valence-corrected chi connectivity index (χ4v) is 7.65. The Morgan fingerprint density at radius 3 is 2.35 bits per heavy atom. The van der Waals surface area contributed by atoms with Gasteiger partial charge in [-0.3, -0.25) is 9.52 Å². The Labute approximate surface area is 282 Å². The highest BCUT2D eigenvalue weighted by atomic mass is 32.2. The number of fused-ring (bicyclic) bond motifs is 1. The number of carbonyl (C=O) groups is 1. The van der Waals surface area contributed by atoms with Crippen LogP contribution >= 0.6 is 0 Å². The van der Waals surface area contributed by atoms with Crippen LogP contribution in [0.1, 0.15) is 50.4 Å². The first-order chi connectivity index (χ1) is 22.7. The van der Waals surface area contributed by atoms with Gasteiger partial charge in [-0.15, -0.1) is 0 Å². The van der Waals surface area contributed by atoms with E-state index in [1.165, 1.54) is 48.3 Å². The molecule has 0 fully saturated rings. The van der Waals surface area contributed by atoms with Crippen molar-refractivity contribution in [1.82, 2.24) is 9.21 Å². The van der Waals surface area contributed by atoms with E-state index >= 15 is 0 Å². The molecule has 262 valence electrons. The predicted molar refractivity (Wildman–Crippen MR) is 180 cm³/mol. The van der Waals surface area contributed by atoms with Crippen molar-refractivity contribution in [1.29, 1.82) is 0 Å². The lowest BCUT2D eigenvalue weighted by atomic mass is 10.0. The van der Waals surface area contributed by atoms with Crippen molar-refractivity contribution in [3.8, 4) is 5.75 Å². The molecule has 1 aliphatic rings. The molecule has 1 amide bonds. The highest BCUT2D eigenvalue weighted by molar-refractivity contribution is 7.92. The second-order valence-electron chi connectivity index (χ2n) is 12.2. The van der Waals surface area contributed by atoms with Gasteiger partial charge in [-0.25, -0.2) is 21.2 Å². The van der Waals surface area contributed by atoms with Crippen molar-refractivity contribution in [2.45, 2.75) is 68.1 Å². The first-order valence-electron chi connectivity index (χ1n) is 15.9. The molecular formula is C34H44FN3O8S2. The molecule has 0 saturated carbocycles. The monoisotopic (exact) mass is 705 g/mol. The first kappa shape index (κ1) is 37.3. The smallest absolute Gasteiger partial charge is 0.261 e. The molecule has 0 unspecified atom stereocenters. The van der Waals surface area contributed by atoms with Crippen molar-refractivity contribution in [3.05, 3.63) is 84.2 Å². The number of anilines is 1. The number of aliphatic hydroxyl groups excluding tert-OH is 1. The largest absolute Gasteiger partial charge is 0.490 e. The SMILES string of the molecule is C[C@@H]1CCCCO[C@H](CN(C)S(=O)(=O)c2ccc(F)cc2)[C@@H](C)CN([C@H](C)CO)C(=O)c2cc(NS(=O)(=O)c3ccccc3)ccc2O1. The molecule has 0 radical (unpaired) electrons. The topological polar surface area (TPSA) is 143 Å². The minimum atomic E-state index is -3.98. The minimum Gasteiger partial charge on any atom is -0.490 e. The van der Waals surface area contributed by atoms with Gasteiger partial charge in [-0.05, 0) is 87.7 Å². The fourth-order valence-electron chi connectivity index (χ4n) is 5.40. The molecule has 14 heteroatoms. The second-order valence-corrected chi connectivity index (χ2v) is 15.9. The van der Waals surface area contributed by atoms with Gasteiger partial charge in [0.25, 0.3) is 15.9 Å². The fraction of sp³-hybridized carbons (Fsp3) is 0.441. The maximum Gasteiger partial charge on any atom is 0.261 e. The lowest BCUT2D eigenvalue weighted by Gasteiger charge is -2.35. The average Bonchev–Trinajstić information content (AvgIpc) is 3.06. The number of hydrogen-bond acceptors (Lipinski definition) is 8. The lowest BCUT2D eigenvalue weighted by molar-refractivity contribution is -0.00834. The van der Waals surface area contributed by atoms with Crippen molar-refractivity contribution in [2.75, 3.05) is 38.1 Å². The minimum absolute atomic E-state index is 0.0437. The zero-order chi connectivity index (χ0) is 35.1. The van der Waals surface area contributed by atoms with E-state index in [9.17, 15) is 31.1 Å². The number of ether oxygens (including phenoxy) is 2. The Balaban J connectivity index is 1.67. The number of benzene rings is 3. The summed E-state index contributed by atoms with van der Waals surface area (Å²) >= 11 is 0. The van der Waals surface area contributed by atoms with Gasteiger partial charge < -0.3 is 19.5 Å². The molecule has 3 aromatic carbocycles. The summed E-state index contributed by atoms with van der Waals surface area (Å²) in [7, 11) is -6.51. The zero-order valence-corrected chi connectivity index (χ0v) is 29.2. The number of aliphatic hydroxyl groups is 1. The van der Waals surface area contributed by atoms with Crippen LogP contribution in [-0.2, 0) is 24.8 Å². The predicted octanol–water partition coefficient (Wildman–Crippen LogP) is 4.74. The molecule has 3 aromatic rings. The van der Waals surface area contributed by atoms with Crippen LogP contribution in [-0.4, -0.2) is 88.7 Å². The van der Waals surface area contributed by atoms with E-state index in [-0.39, 0.29) is 52.6 Å². The normalized spacial score (nSPS) is 20.8. The Bertz CT molecular complexity index is 1740. The molecule has 2 N–H and O–H groups in total. The van der Waals surface area contributed by atoms with E-state index in [1.54, 1.807) is 31.2 Å². The Morgan fingerprint density at radius 2 is 1.69 bits per heavy atom. The molecule has 11 nitrogen and oxygen atoms in total. The van der Waals surface area contributed by atoms with Crippen LogP contribution in [0.15, 0.2) is 82.6 Å². The van der Waals surface area contributed by atoms with Crippen LogP contribution in [0.25, 0.3) is 0 Å². The molecule has 4 atom stereocenters. The molecule has 1 aliphatic heterocycles. The van der Waals surface area contributed by atoms with E-state index in [2.05, 4.69) is 4.72 Å². The number of amides is 1. The molecule has 0 spiro atoms. The van der Waals surface area contributed by atoms with Gasteiger partial charge in [0, 0.05) is 38.3 Å². The highest BCUT2D eigenvalue weighted by Crippen LogP contribution is 2.30. The Morgan fingerprint density at radius 1 is 1.00 bits per heavy atom. The number of nitrogens with one attached hydrogen (secondary N) is 1. The number of hydrogen-bond donors (Lipinski definition) is 2. The summed E-state index contributed by atoms with van der Waals surface area (Å²) in [5.74, 6) is -1.20. The molecule has 48 heavy (non-hydrogen) atoms. The van der Waals surface area contributed by atoms with Crippen molar-refractivity contribution >= 4 is 31.6 Å². The van der Waals surface area contributed by atoms with Crippen LogP contribution in [0, 0.1) is 11.7 Å². The zero-order valence-electron chi connectivity index (χ0n) is 27.6. The van der Waals surface area contributed by atoms with Gasteiger partial charge in [-0.1, -0.05) is 25.1 Å². The standard InChI is InChI=1S/C34H44FN3O8S2/c1-24-21-38(25(2)23-39)34(40)31-20-28(36-47(41,42)29-11-6-5-7-12-29)15-18-32(31)46-26(3)10-8-9-19-45-33(24)22-37(4)48(43,44)30-16-13-27(35)14-17-30/h5-7,11-18,20,24-26,33,36,39H,8-10,19,21-23H2,1-4H3/t24-,25+,26+,33+/m0/s1. The van der Waals surface area contributed by atoms with Crippen LogP contribution in [0.4, 0.5) is 10.1 Å². The Hall–Kier alpha value is -3.56. The van der Waals surface area contributed by atoms with Crippen molar-refractivity contribution < 1.29 is 40.6 Å².